The second-order valence-electron chi connectivity index (χ2n) is 8.80. The van der Waals surface area contributed by atoms with Crippen molar-refractivity contribution >= 4 is 22.5 Å². The molecule has 2 N–H and O–H groups in total. The summed E-state index contributed by atoms with van der Waals surface area (Å²) in [6, 6.07) is 15.7. The van der Waals surface area contributed by atoms with E-state index in [1.54, 1.807) is 5.48 Å². The number of hydroxylamine groups is 1. The van der Waals surface area contributed by atoms with E-state index in [0.717, 1.165) is 32.2 Å². The minimum Gasteiger partial charge on any atom is -0.378 e. The fourth-order valence-electron chi connectivity index (χ4n) is 4.81. The molecular weight excluding hydrogens is 386 g/mol. The Kier molecular flexibility index (Phi) is 6.62. The molecule has 0 atom stereocenters. The van der Waals surface area contributed by atoms with Crippen LogP contribution in [-0.2, 0) is 24.2 Å². The molecule has 0 fully saturated rings. The standard InChI is InChI=1S/C26H33N3O2/c1-28(2)21-14-11-19(12-15-21)20-13-16-25-23(18-20)22-8-5-6-9-24(22)29(25)17-7-3-4-10-26(30)27-31/h11-16,18,31H,3-10,17H2,1-2H3,(H,27,30). The monoisotopic (exact) mass is 419 g/mol. The molecule has 0 saturated carbocycles. The van der Waals surface area contributed by atoms with Crippen molar-refractivity contribution in [2.75, 3.05) is 19.0 Å². The van der Waals surface area contributed by atoms with Crippen molar-refractivity contribution in [3.05, 3.63) is 53.7 Å². The Labute approximate surface area is 184 Å². The van der Waals surface area contributed by atoms with E-state index in [1.165, 1.54) is 58.2 Å². The summed E-state index contributed by atoms with van der Waals surface area (Å²) in [4.78, 5) is 13.3. The number of hydrogen-bond acceptors (Lipinski definition) is 3. The topological polar surface area (TPSA) is 57.5 Å². The summed E-state index contributed by atoms with van der Waals surface area (Å²) in [6.07, 6.45) is 8.07. The second-order valence-corrected chi connectivity index (χ2v) is 8.80. The maximum atomic E-state index is 11.2. The van der Waals surface area contributed by atoms with Gasteiger partial charge >= 0.3 is 0 Å². The predicted octanol–water partition coefficient (Wildman–Crippen LogP) is 5.32. The van der Waals surface area contributed by atoms with Crippen molar-refractivity contribution < 1.29 is 10.0 Å². The highest BCUT2D eigenvalue weighted by atomic mass is 16.5. The van der Waals surface area contributed by atoms with E-state index in [9.17, 15) is 4.79 Å². The van der Waals surface area contributed by atoms with Gasteiger partial charge in [-0.3, -0.25) is 10.0 Å². The highest BCUT2D eigenvalue weighted by Crippen LogP contribution is 2.35. The van der Waals surface area contributed by atoms with Gasteiger partial charge in [0.05, 0.1) is 0 Å². The molecule has 0 aliphatic heterocycles. The number of benzene rings is 2. The summed E-state index contributed by atoms with van der Waals surface area (Å²) >= 11 is 0. The van der Waals surface area contributed by atoms with Crippen LogP contribution in [0, 0.1) is 0 Å². The maximum absolute atomic E-state index is 11.2. The van der Waals surface area contributed by atoms with Gasteiger partial charge in [0, 0.05) is 49.3 Å². The van der Waals surface area contributed by atoms with E-state index in [-0.39, 0.29) is 5.91 Å². The molecule has 0 radical (unpaired) electrons. The van der Waals surface area contributed by atoms with Crippen LogP contribution in [0.3, 0.4) is 0 Å². The van der Waals surface area contributed by atoms with Crippen LogP contribution in [0.15, 0.2) is 42.5 Å². The zero-order valence-corrected chi connectivity index (χ0v) is 18.7. The first kappa shape index (κ1) is 21.4. The van der Waals surface area contributed by atoms with E-state index in [0.29, 0.717) is 6.42 Å². The lowest BCUT2D eigenvalue weighted by molar-refractivity contribution is -0.129. The minimum atomic E-state index is -0.296. The Balaban J connectivity index is 1.58. The molecule has 4 rings (SSSR count). The van der Waals surface area contributed by atoms with Crippen LogP contribution in [0.2, 0.25) is 0 Å². The Bertz CT molecular complexity index is 1050. The largest absolute Gasteiger partial charge is 0.378 e. The van der Waals surface area contributed by atoms with Gasteiger partial charge in [-0.15, -0.1) is 0 Å². The van der Waals surface area contributed by atoms with Crippen molar-refractivity contribution in [2.45, 2.75) is 57.9 Å². The molecule has 164 valence electrons. The fourth-order valence-corrected chi connectivity index (χ4v) is 4.81. The van der Waals surface area contributed by atoms with Gasteiger partial charge in [0.1, 0.15) is 0 Å². The molecule has 0 saturated heterocycles. The molecule has 2 aromatic carbocycles. The number of nitrogens with one attached hydrogen (secondary N) is 1. The zero-order chi connectivity index (χ0) is 21.8. The van der Waals surface area contributed by atoms with Crippen molar-refractivity contribution in [2.24, 2.45) is 0 Å². The SMILES string of the molecule is CN(C)c1ccc(-c2ccc3c(c2)c2c(n3CCCCCC(=O)NO)CCCC2)cc1. The molecule has 1 aliphatic carbocycles. The molecule has 31 heavy (non-hydrogen) atoms. The van der Waals surface area contributed by atoms with E-state index >= 15 is 0 Å². The molecule has 1 heterocycles. The second kappa shape index (κ2) is 9.56. The number of amides is 1. The molecule has 5 heteroatoms. The zero-order valence-electron chi connectivity index (χ0n) is 18.7. The Hall–Kier alpha value is -2.79. The Morgan fingerprint density at radius 1 is 1.00 bits per heavy atom. The van der Waals surface area contributed by atoms with Crippen LogP contribution < -0.4 is 10.4 Å². The van der Waals surface area contributed by atoms with Crippen LogP contribution in [0.1, 0.15) is 49.8 Å². The number of hydrogen-bond donors (Lipinski definition) is 2. The molecule has 1 aromatic heterocycles. The molecule has 1 aliphatic rings. The molecule has 3 aromatic rings. The molecule has 0 spiro atoms. The molecule has 0 unspecified atom stereocenters. The number of unbranched alkanes of at least 4 members (excludes halogenated alkanes) is 2. The number of carbonyl (C=O) groups excluding carboxylic acids is 1. The van der Waals surface area contributed by atoms with Gasteiger partial charge in [-0.05, 0) is 79.5 Å². The van der Waals surface area contributed by atoms with E-state index < -0.39 is 0 Å². The number of fused-ring (bicyclic) bond motifs is 3. The van der Waals surface area contributed by atoms with Gasteiger partial charge in [-0.2, -0.15) is 0 Å². The first-order valence-electron chi connectivity index (χ1n) is 11.4. The van der Waals surface area contributed by atoms with Gasteiger partial charge in [-0.25, -0.2) is 5.48 Å². The molecular formula is C26H33N3O2. The van der Waals surface area contributed by atoms with E-state index in [1.807, 2.05) is 0 Å². The Morgan fingerprint density at radius 2 is 1.74 bits per heavy atom. The number of aromatic nitrogens is 1. The van der Waals surface area contributed by atoms with Crippen molar-refractivity contribution in [1.82, 2.24) is 10.0 Å². The van der Waals surface area contributed by atoms with Crippen molar-refractivity contribution in [3.63, 3.8) is 0 Å². The van der Waals surface area contributed by atoms with E-state index in [2.05, 4.69) is 66.0 Å². The van der Waals surface area contributed by atoms with E-state index in [4.69, 9.17) is 5.21 Å². The van der Waals surface area contributed by atoms with Crippen LogP contribution in [0.4, 0.5) is 5.69 Å². The minimum absolute atomic E-state index is 0.296. The lowest BCUT2D eigenvalue weighted by Gasteiger charge is -2.16. The first-order valence-corrected chi connectivity index (χ1v) is 11.4. The van der Waals surface area contributed by atoms with Gasteiger partial charge < -0.3 is 9.47 Å². The molecule has 0 bridgehead atoms. The summed E-state index contributed by atoms with van der Waals surface area (Å²) < 4.78 is 2.52. The summed E-state index contributed by atoms with van der Waals surface area (Å²) in [5.74, 6) is -0.296. The van der Waals surface area contributed by atoms with Gasteiger partial charge in [0.2, 0.25) is 5.91 Å². The summed E-state index contributed by atoms with van der Waals surface area (Å²) in [7, 11) is 4.13. The fraction of sp³-hybridized carbons (Fsp3) is 0.423. The van der Waals surface area contributed by atoms with Crippen molar-refractivity contribution in [3.8, 4) is 11.1 Å². The third kappa shape index (κ3) is 4.62. The predicted molar refractivity (Wildman–Crippen MR) is 127 cm³/mol. The van der Waals surface area contributed by atoms with Crippen LogP contribution in [0.25, 0.3) is 22.0 Å². The maximum Gasteiger partial charge on any atom is 0.243 e. The number of aryl methyl sites for hydroxylation is 2. The van der Waals surface area contributed by atoms with Crippen LogP contribution in [0.5, 0.6) is 0 Å². The smallest absolute Gasteiger partial charge is 0.243 e. The van der Waals surface area contributed by atoms with Gasteiger partial charge in [0.15, 0.2) is 0 Å². The third-order valence-corrected chi connectivity index (χ3v) is 6.50. The average Bonchev–Trinajstić information content (AvgIpc) is 3.12. The Morgan fingerprint density at radius 3 is 2.48 bits per heavy atom. The highest BCUT2D eigenvalue weighted by Gasteiger charge is 2.20. The number of rotatable bonds is 8. The average molecular weight is 420 g/mol. The number of nitrogens with zero attached hydrogens (tertiary/aromatic N) is 2. The number of anilines is 1. The summed E-state index contributed by atoms with van der Waals surface area (Å²) in [5.41, 5.74) is 9.85. The summed E-state index contributed by atoms with van der Waals surface area (Å²) in [5, 5.41) is 10.0. The van der Waals surface area contributed by atoms with Gasteiger partial charge in [0.25, 0.3) is 0 Å². The lowest BCUT2D eigenvalue weighted by Crippen LogP contribution is -2.17. The highest BCUT2D eigenvalue weighted by molar-refractivity contribution is 5.90. The number of carbonyl (C=O) groups is 1. The summed E-state index contributed by atoms with van der Waals surface area (Å²) in [6.45, 7) is 0.990. The van der Waals surface area contributed by atoms with Crippen molar-refractivity contribution in [1.29, 1.82) is 0 Å². The van der Waals surface area contributed by atoms with Crippen LogP contribution >= 0.6 is 0 Å². The quantitative estimate of drug-likeness (QED) is 0.295. The third-order valence-electron chi connectivity index (χ3n) is 6.50. The molecule has 5 nitrogen and oxygen atoms in total. The first-order chi connectivity index (χ1) is 15.1. The van der Waals surface area contributed by atoms with Gasteiger partial charge in [-0.1, -0.05) is 24.6 Å². The van der Waals surface area contributed by atoms with Crippen LogP contribution in [-0.4, -0.2) is 29.8 Å². The normalized spacial score (nSPS) is 13.3. The molecule has 1 amide bonds. The lowest BCUT2D eigenvalue weighted by atomic mass is 9.94.